The van der Waals surface area contributed by atoms with Gasteiger partial charge in [-0.2, -0.15) is 0 Å². The van der Waals surface area contributed by atoms with Crippen molar-refractivity contribution in [2.75, 3.05) is 12.8 Å². The molecule has 0 radical (unpaired) electrons. The summed E-state index contributed by atoms with van der Waals surface area (Å²) in [6, 6.07) is 0. The minimum Gasteiger partial charge on any atom is -0.330 e. The molecule has 3 atom stereocenters. The third kappa shape index (κ3) is 12.9. The van der Waals surface area contributed by atoms with Crippen molar-refractivity contribution in [2.24, 2.45) is 22.7 Å². The Kier molecular flexibility index (Phi) is 7.91. The van der Waals surface area contributed by atoms with Crippen LogP contribution in [0.25, 0.3) is 0 Å². The van der Waals surface area contributed by atoms with Gasteiger partial charge in [0.1, 0.15) is 0 Å². The molecule has 0 saturated carbocycles. The van der Waals surface area contributed by atoms with Gasteiger partial charge in [0.05, 0.1) is 6.61 Å². The number of rotatable bonds is 7. The Morgan fingerprint density at radius 2 is 1.32 bits per heavy atom. The van der Waals surface area contributed by atoms with Crippen LogP contribution in [0.4, 0.5) is 0 Å². The van der Waals surface area contributed by atoms with Crippen molar-refractivity contribution in [3.63, 3.8) is 0 Å². The fourth-order valence-corrected chi connectivity index (χ4v) is 4.10. The Bertz CT molecular complexity index is 273. The van der Waals surface area contributed by atoms with E-state index in [2.05, 4.69) is 55.4 Å². The maximum Gasteiger partial charge on any atom is 0.191 e. The standard InChI is InChI=1S/C16H35O2P/c1-13(9-15(3,4)5)11-18-19(17)12-14(2)10-16(6,7)8/h13-14,19H,9-12H2,1-8H3. The van der Waals surface area contributed by atoms with Gasteiger partial charge in [0.2, 0.25) is 0 Å². The summed E-state index contributed by atoms with van der Waals surface area (Å²) in [6.07, 6.45) is 2.94. The molecule has 19 heavy (non-hydrogen) atoms. The lowest BCUT2D eigenvalue weighted by Gasteiger charge is -2.24. The SMILES string of the molecule is CC(CO[PH](=O)CC(C)CC(C)(C)C)CC(C)(C)C. The molecule has 3 heteroatoms. The minimum atomic E-state index is -1.86. The molecular formula is C16H35O2P. The molecule has 0 bridgehead atoms. The van der Waals surface area contributed by atoms with E-state index < -0.39 is 8.03 Å². The Balaban J connectivity index is 3.93. The van der Waals surface area contributed by atoms with Crippen LogP contribution in [0.15, 0.2) is 0 Å². The van der Waals surface area contributed by atoms with E-state index in [9.17, 15) is 4.57 Å². The maximum absolute atomic E-state index is 12.0. The van der Waals surface area contributed by atoms with Gasteiger partial charge in [-0.15, -0.1) is 0 Å². The topological polar surface area (TPSA) is 26.3 Å². The van der Waals surface area contributed by atoms with E-state index in [4.69, 9.17) is 4.52 Å². The lowest BCUT2D eigenvalue weighted by atomic mass is 9.86. The summed E-state index contributed by atoms with van der Waals surface area (Å²) in [6.45, 7) is 18.4. The van der Waals surface area contributed by atoms with Crippen LogP contribution in [-0.2, 0) is 9.09 Å². The quantitative estimate of drug-likeness (QED) is 0.569. The van der Waals surface area contributed by atoms with Gasteiger partial charge in [-0.1, -0.05) is 55.4 Å². The average Bonchev–Trinajstić information content (AvgIpc) is 2.08. The van der Waals surface area contributed by atoms with Crippen molar-refractivity contribution in [1.29, 1.82) is 0 Å². The monoisotopic (exact) mass is 290 g/mol. The zero-order valence-electron chi connectivity index (χ0n) is 14.3. The predicted molar refractivity (Wildman–Crippen MR) is 86.3 cm³/mol. The second-order valence-electron chi connectivity index (χ2n) is 8.63. The van der Waals surface area contributed by atoms with Crippen LogP contribution in [0.3, 0.4) is 0 Å². The van der Waals surface area contributed by atoms with E-state index in [1.54, 1.807) is 0 Å². The highest BCUT2D eigenvalue weighted by atomic mass is 31.1. The third-order valence-electron chi connectivity index (χ3n) is 2.97. The first kappa shape index (κ1) is 19.2. The molecule has 0 heterocycles. The summed E-state index contributed by atoms with van der Waals surface area (Å²) in [7, 11) is -1.86. The molecule has 0 aliphatic rings. The van der Waals surface area contributed by atoms with Crippen LogP contribution in [0.2, 0.25) is 0 Å². The molecule has 116 valence electrons. The van der Waals surface area contributed by atoms with Gasteiger partial charge in [-0.25, -0.2) is 0 Å². The molecule has 0 aromatic carbocycles. The van der Waals surface area contributed by atoms with E-state index in [-0.39, 0.29) is 0 Å². The van der Waals surface area contributed by atoms with E-state index in [1.807, 2.05) is 0 Å². The number of hydrogen-bond acceptors (Lipinski definition) is 2. The van der Waals surface area contributed by atoms with Crippen LogP contribution < -0.4 is 0 Å². The molecule has 2 nitrogen and oxygen atoms in total. The summed E-state index contributed by atoms with van der Waals surface area (Å²) in [5, 5.41) is 0. The molecule has 0 spiro atoms. The van der Waals surface area contributed by atoms with Gasteiger partial charge >= 0.3 is 0 Å². The van der Waals surface area contributed by atoms with E-state index in [0.29, 0.717) is 29.3 Å². The van der Waals surface area contributed by atoms with Gasteiger partial charge in [-0.3, -0.25) is 4.57 Å². The predicted octanol–water partition coefficient (Wildman–Crippen LogP) is 5.62. The van der Waals surface area contributed by atoms with Crippen LogP contribution in [-0.4, -0.2) is 12.8 Å². The first-order valence-corrected chi connectivity index (χ1v) is 9.07. The first-order valence-electron chi connectivity index (χ1n) is 7.55. The highest BCUT2D eigenvalue weighted by Gasteiger charge is 2.19. The molecule has 0 saturated heterocycles. The molecule has 3 unspecified atom stereocenters. The largest absolute Gasteiger partial charge is 0.330 e. The summed E-state index contributed by atoms with van der Waals surface area (Å²) >= 11 is 0. The van der Waals surface area contributed by atoms with Crippen LogP contribution >= 0.6 is 8.03 Å². The fraction of sp³-hybridized carbons (Fsp3) is 1.00. The van der Waals surface area contributed by atoms with Crippen LogP contribution in [0, 0.1) is 22.7 Å². The lowest BCUT2D eigenvalue weighted by molar-refractivity contribution is 0.213. The first-order chi connectivity index (χ1) is 8.39. The molecule has 0 amide bonds. The summed E-state index contributed by atoms with van der Waals surface area (Å²) in [5.74, 6) is 0.955. The highest BCUT2D eigenvalue weighted by Crippen LogP contribution is 2.33. The summed E-state index contributed by atoms with van der Waals surface area (Å²) < 4.78 is 17.6. The molecule has 0 fully saturated rings. The van der Waals surface area contributed by atoms with E-state index in [0.717, 1.165) is 19.0 Å². The molecule has 0 aromatic heterocycles. The Hall–Kier alpha value is 0.190. The van der Waals surface area contributed by atoms with Gasteiger partial charge in [0, 0.05) is 6.16 Å². The van der Waals surface area contributed by atoms with Crippen molar-refractivity contribution in [1.82, 2.24) is 0 Å². The molecule has 0 aliphatic heterocycles. The van der Waals surface area contributed by atoms with Crippen molar-refractivity contribution in [3.05, 3.63) is 0 Å². The summed E-state index contributed by atoms with van der Waals surface area (Å²) in [5.41, 5.74) is 0.624. The normalized spacial score (nSPS) is 18.1. The van der Waals surface area contributed by atoms with Crippen molar-refractivity contribution in [3.8, 4) is 0 Å². The van der Waals surface area contributed by atoms with Crippen molar-refractivity contribution < 1.29 is 9.09 Å². The zero-order valence-corrected chi connectivity index (χ0v) is 15.3. The van der Waals surface area contributed by atoms with Crippen molar-refractivity contribution >= 4 is 8.03 Å². The third-order valence-corrected chi connectivity index (χ3v) is 4.48. The highest BCUT2D eigenvalue weighted by molar-refractivity contribution is 7.39. The number of hydrogen-bond donors (Lipinski definition) is 0. The Morgan fingerprint density at radius 1 is 0.895 bits per heavy atom. The Morgan fingerprint density at radius 3 is 1.74 bits per heavy atom. The zero-order chi connectivity index (χ0) is 15.3. The molecular weight excluding hydrogens is 255 g/mol. The Labute approximate surface area is 121 Å². The fourth-order valence-electron chi connectivity index (χ4n) is 2.80. The lowest BCUT2D eigenvalue weighted by Crippen LogP contribution is -2.15. The second kappa shape index (κ2) is 7.84. The van der Waals surface area contributed by atoms with Gasteiger partial charge < -0.3 is 4.52 Å². The molecule has 0 aromatic rings. The maximum atomic E-state index is 12.0. The van der Waals surface area contributed by atoms with Crippen molar-refractivity contribution in [2.45, 2.75) is 68.2 Å². The average molecular weight is 290 g/mol. The summed E-state index contributed by atoms with van der Waals surface area (Å²) in [4.78, 5) is 0. The van der Waals surface area contributed by atoms with Gasteiger partial charge in [-0.05, 0) is 35.5 Å². The second-order valence-corrected chi connectivity index (χ2v) is 10.1. The van der Waals surface area contributed by atoms with E-state index in [1.165, 1.54) is 0 Å². The smallest absolute Gasteiger partial charge is 0.191 e. The van der Waals surface area contributed by atoms with Crippen LogP contribution in [0.5, 0.6) is 0 Å². The van der Waals surface area contributed by atoms with E-state index >= 15 is 0 Å². The van der Waals surface area contributed by atoms with Crippen LogP contribution in [0.1, 0.15) is 68.2 Å². The van der Waals surface area contributed by atoms with Gasteiger partial charge in [0.25, 0.3) is 0 Å². The van der Waals surface area contributed by atoms with Gasteiger partial charge in [0.15, 0.2) is 8.03 Å². The molecule has 0 rings (SSSR count). The molecule has 0 aliphatic carbocycles. The minimum absolute atomic E-state index is 0.307. The molecule has 0 N–H and O–H groups in total.